The first kappa shape index (κ1) is 13.3. The summed E-state index contributed by atoms with van der Waals surface area (Å²) in [5.74, 6) is -0.00659. The number of anilines is 1. The summed E-state index contributed by atoms with van der Waals surface area (Å²) in [7, 11) is 2.02. The van der Waals surface area contributed by atoms with Crippen LogP contribution in [0.1, 0.15) is 28.5 Å². The van der Waals surface area contributed by atoms with Crippen LogP contribution >= 0.6 is 0 Å². The van der Waals surface area contributed by atoms with Crippen LogP contribution in [-0.4, -0.2) is 17.8 Å². The van der Waals surface area contributed by atoms with Crippen LogP contribution in [0.3, 0.4) is 0 Å². The molecule has 3 nitrogen and oxygen atoms in total. The third-order valence-electron chi connectivity index (χ3n) is 3.05. The molecule has 3 heteroatoms. The second-order valence-electron chi connectivity index (χ2n) is 4.80. The van der Waals surface area contributed by atoms with Gasteiger partial charge in [-0.3, -0.25) is 9.78 Å². The zero-order valence-electron chi connectivity index (χ0n) is 11.6. The number of nitrogens with zero attached hydrogens (tertiary/aromatic N) is 2. The number of carbonyl (C=O) groups excluding carboxylic acids is 1. The number of carbonyl (C=O) groups is 1. The van der Waals surface area contributed by atoms with Crippen molar-refractivity contribution in [2.24, 2.45) is 0 Å². The zero-order valence-corrected chi connectivity index (χ0v) is 11.6. The Bertz CT molecular complexity index is 576. The molecule has 0 unspecified atom stereocenters. The lowest BCUT2D eigenvalue weighted by Gasteiger charge is -2.19. The molecule has 0 saturated carbocycles. The predicted molar refractivity (Wildman–Crippen MR) is 77.5 cm³/mol. The van der Waals surface area contributed by atoms with Crippen molar-refractivity contribution in [2.75, 3.05) is 11.9 Å². The fourth-order valence-electron chi connectivity index (χ4n) is 2.00. The zero-order chi connectivity index (χ0) is 13.8. The monoisotopic (exact) mass is 254 g/mol. The summed E-state index contributed by atoms with van der Waals surface area (Å²) < 4.78 is 0. The highest BCUT2D eigenvalue weighted by molar-refractivity contribution is 5.92. The van der Waals surface area contributed by atoms with Gasteiger partial charge in [0.25, 0.3) is 0 Å². The maximum absolute atomic E-state index is 11.2. The van der Waals surface area contributed by atoms with Crippen LogP contribution in [0.15, 0.2) is 42.6 Å². The van der Waals surface area contributed by atoms with Crippen molar-refractivity contribution in [3.63, 3.8) is 0 Å². The van der Waals surface area contributed by atoms with Crippen LogP contribution in [0, 0.1) is 6.92 Å². The Morgan fingerprint density at radius 2 is 2.05 bits per heavy atom. The number of pyridine rings is 1. The highest BCUT2D eigenvalue weighted by Crippen LogP contribution is 2.15. The molecule has 0 bridgehead atoms. The number of hydrogen-bond donors (Lipinski definition) is 0. The quantitative estimate of drug-likeness (QED) is 0.785. The Balaban J connectivity index is 2.11. The minimum Gasteiger partial charge on any atom is -0.369 e. The van der Waals surface area contributed by atoms with Gasteiger partial charge in [-0.25, -0.2) is 0 Å². The van der Waals surface area contributed by atoms with E-state index in [0.29, 0.717) is 5.69 Å². The van der Waals surface area contributed by atoms with Crippen molar-refractivity contribution in [3.05, 3.63) is 59.4 Å². The van der Waals surface area contributed by atoms with Gasteiger partial charge in [-0.2, -0.15) is 0 Å². The smallest absolute Gasteiger partial charge is 0.178 e. The van der Waals surface area contributed by atoms with E-state index >= 15 is 0 Å². The van der Waals surface area contributed by atoms with E-state index in [1.165, 1.54) is 18.1 Å². The standard InChI is InChI=1S/C16H18N2O/c1-12-5-4-6-14(9-12)11-18(3)15-7-8-16(13(2)19)17-10-15/h4-10H,11H2,1-3H3. The van der Waals surface area contributed by atoms with Gasteiger partial charge in [0, 0.05) is 20.5 Å². The highest BCUT2D eigenvalue weighted by Gasteiger charge is 2.05. The summed E-state index contributed by atoms with van der Waals surface area (Å²) in [5.41, 5.74) is 4.04. The molecule has 1 heterocycles. The van der Waals surface area contributed by atoms with Crippen LogP contribution in [0.5, 0.6) is 0 Å². The summed E-state index contributed by atoms with van der Waals surface area (Å²) in [6.45, 7) is 4.44. The van der Waals surface area contributed by atoms with Crippen LogP contribution in [-0.2, 0) is 6.54 Å². The highest BCUT2D eigenvalue weighted by atomic mass is 16.1. The van der Waals surface area contributed by atoms with E-state index in [4.69, 9.17) is 0 Å². The number of ketones is 1. The number of rotatable bonds is 4. The summed E-state index contributed by atoms with van der Waals surface area (Å²) >= 11 is 0. The molecule has 1 aromatic heterocycles. The first-order valence-corrected chi connectivity index (χ1v) is 6.30. The second-order valence-corrected chi connectivity index (χ2v) is 4.80. The number of aromatic nitrogens is 1. The third kappa shape index (κ3) is 3.41. The molecule has 0 spiro atoms. The topological polar surface area (TPSA) is 33.2 Å². The fraction of sp³-hybridized carbons (Fsp3) is 0.250. The lowest BCUT2D eigenvalue weighted by atomic mass is 10.1. The van der Waals surface area contributed by atoms with Gasteiger partial charge in [-0.05, 0) is 24.6 Å². The SMILES string of the molecule is CC(=O)c1ccc(N(C)Cc2cccc(C)c2)cn1. The first-order chi connectivity index (χ1) is 9.06. The van der Waals surface area contributed by atoms with Crippen LogP contribution in [0.25, 0.3) is 0 Å². The molecule has 2 aromatic rings. The van der Waals surface area contributed by atoms with Gasteiger partial charge >= 0.3 is 0 Å². The number of Topliss-reactive ketones (excluding diaryl/α,β-unsaturated/α-hetero) is 1. The molecule has 0 radical (unpaired) electrons. The van der Waals surface area contributed by atoms with E-state index in [0.717, 1.165) is 12.2 Å². The summed E-state index contributed by atoms with van der Waals surface area (Å²) in [5, 5.41) is 0. The Hall–Kier alpha value is -2.16. The van der Waals surface area contributed by atoms with Gasteiger partial charge in [0.15, 0.2) is 5.78 Å². The van der Waals surface area contributed by atoms with Crippen LogP contribution in [0.2, 0.25) is 0 Å². The Morgan fingerprint density at radius 3 is 2.63 bits per heavy atom. The first-order valence-electron chi connectivity index (χ1n) is 6.30. The molecule has 0 atom stereocenters. The Kier molecular flexibility index (Phi) is 3.95. The van der Waals surface area contributed by atoms with Crippen molar-refractivity contribution >= 4 is 11.5 Å². The van der Waals surface area contributed by atoms with E-state index in [9.17, 15) is 4.79 Å². The lowest BCUT2D eigenvalue weighted by Crippen LogP contribution is -2.16. The molecule has 1 aromatic carbocycles. The van der Waals surface area contributed by atoms with E-state index < -0.39 is 0 Å². The molecular weight excluding hydrogens is 236 g/mol. The van der Waals surface area contributed by atoms with Gasteiger partial charge in [0.1, 0.15) is 5.69 Å². The van der Waals surface area contributed by atoms with E-state index in [1.807, 2.05) is 13.1 Å². The number of benzene rings is 1. The van der Waals surface area contributed by atoms with Gasteiger partial charge in [-0.1, -0.05) is 29.8 Å². The van der Waals surface area contributed by atoms with Crippen molar-refractivity contribution < 1.29 is 4.79 Å². The molecule has 98 valence electrons. The molecule has 0 aliphatic rings. The van der Waals surface area contributed by atoms with E-state index in [1.54, 1.807) is 12.3 Å². The van der Waals surface area contributed by atoms with Gasteiger partial charge in [-0.15, -0.1) is 0 Å². The molecular formula is C16H18N2O. The van der Waals surface area contributed by atoms with Crippen molar-refractivity contribution in [3.8, 4) is 0 Å². The summed E-state index contributed by atoms with van der Waals surface area (Å²) in [4.78, 5) is 17.5. The maximum Gasteiger partial charge on any atom is 0.178 e. The number of hydrogen-bond acceptors (Lipinski definition) is 3. The Labute approximate surface area is 113 Å². The molecule has 0 aliphatic carbocycles. The largest absolute Gasteiger partial charge is 0.369 e. The molecule has 0 saturated heterocycles. The molecule has 0 aliphatic heterocycles. The van der Waals surface area contributed by atoms with Crippen LogP contribution in [0.4, 0.5) is 5.69 Å². The maximum atomic E-state index is 11.2. The average Bonchev–Trinajstić information content (AvgIpc) is 2.39. The molecule has 19 heavy (non-hydrogen) atoms. The van der Waals surface area contributed by atoms with Crippen molar-refractivity contribution in [2.45, 2.75) is 20.4 Å². The molecule has 0 N–H and O–H groups in total. The van der Waals surface area contributed by atoms with Crippen LogP contribution < -0.4 is 4.90 Å². The van der Waals surface area contributed by atoms with Gasteiger partial charge in [0.05, 0.1) is 11.9 Å². The normalized spacial score (nSPS) is 10.3. The van der Waals surface area contributed by atoms with Crippen molar-refractivity contribution in [1.29, 1.82) is 0 Å². The van der Waals surface area contributed by atoms with E-state index in [2.05, 4.69) is 41.1 Å². The number of aryl methyl sites for hydroxylation is 1. The summed E-state index contributed by atoms with van der Waals surface area (Å²) in [6, 6.07) is 12.1. The molecule has 0 fully saturated rings. The minimum absolute atomic E-state index is 0.00659. The predicted octanol–water partition coefficient (Wildman–Crippen LogP) is 3.23. The summed E-state index contributed by atoms with van der Waals surface area (Å²) in [6.07, 6.45) is 1.74. The molecule has 2 rings (SSSR count). The van der Waals surface area contributed by atoms with E-state index in [-0.39, 0.29) is 5.78 Å². The second kappa shape index (κ2) is 5.65. The molecule has 0 amide bonds. The minimum atomic E-state index is -0.00659. The lowest BCUT2D eigenvalue weighted by molar-refractivity contribution is 0.101. The fourth-order valence-corrected chi connectivity index (χ4v) is 2.00. The van der Waals surface area contributed by atoms with Gasteiger partial charge < -0.3 is 4.90 Å². The third-order valence-corrected chi connectivity index (χ3v) is 3.05. The van der Waals surface area contributed by atoms with Gasteiger partial charge in [0.2, 0.25) is 0 Å². The van der Waals surface area contributed by atoms with Crippen molar-refractivity contribution in [1.82, 2.24) is 4.98 Å². The Morgan fingerprint density at radius 1 is 1.26 bits per heavy atom. The average molecular weight is 254 g/mol.